The Labute approximate surface area is 130 Å². The quantitative estimate of drug-likeness (QED) is 0.816. The molecule has 0 spiro atoms. The van der Waals surface area contributed by atoms with Crippen LogP contribution in [0.15, 0.2) is 55.6 Å². The zero-order valence-electron chi connectivity index (χ0n) is 12.4. The highest BCUT2D eigenvalue weighted by Gasteiger charge is 2.35. The molecule has 2 atom stereocenters. The molecule has 21 heavy (non-hydrogen) atoms. The minimum atomic E-state index is -0.594. The van der Waals surface area contributed by atoms with Crippen LogP contribution in [0.1, 0.15) is 31.9 Å². The molecule has 4 heteroatoms. The molecule has 3 nitrogen and oxygen atoms in total. The monoisotopic (exact) mass is 304 g/mol. The summed E-state index contributed by atoms with van der Waals surface area (Å²) in [6.45, 7) is 7.86. The Morgan fingerprint density at radius 3 is 2.81 bits per heavy atom. The van der Waals surface area contributed by atoms with Crippen LogP contribution in [0, 0.1) is 5.41 Å². The van der Waals surface area contributed by atoms with Crippen LogP contribution in [0.5, 0.6) is 0 Å². The molecule has 1 aromatic heterocycles. The molecule has 1 aromatic carbocycles. The van der Waals surface area contributed by atoms with Gasteiger partial charge in [-0.15, -0.1) is 6.58 Å². The molecule has 112 valence electrons. The first-order valence-electron chi connectivity index (χ1n) is 6.97. The first-order valence-corrected chi connectivity index (χ1v) is 7.35. The molecule has 2 rings (SSSR count). The molecule has 0 bridgehead atoms. The molecule has 1 heterocycles. The Morgan fingerprint density at radius 2 is 2.24 bits per heavy atom. The van der Waals surface area contributed by atoms with Crippen molar-refractivity contribution < 1.29 is 5.11 Å². The predicted molar refractivity (Wildman–Crippen MR) is 86.4 cm³/mol. The average molecular weight is 305 g/mol. The van der Waals surface area contributed by atoms with E-state index < -0.39 is 6.10 Å². The van der Waals surface area contributed by atoms with Crippen LogP contribution in [0.2, 0.25) is 5.02 Å². The van der Waals surface area contributed by atoms with Gasteiger partial charge < -0.3 is 9.67 Å². The average Bonchev–Trinajstić information content (AvgIpc) is 2.93. The smallest absolute Gasteiger partial charge is 0.0952 e. The van der Waals surface area contributed by atoms with Gasteiger partial charge in [-0.05, 0) is 29.5 Å². The van der Waals surface area contributed by atoms with Crippen molar-refractivity contribution in [3.8, 4) is 0 Å². The van der Waals surface area contributed by atoms with Gasteiger partial charge in [-0.25, -0.2) is 4.98 Å². The van der Waals surface area contributed by atoms with Crippen molar-refractivity contribution in [2.24, 2.45) is 5.41 Å². The number of aromatic nitrogens is 2. The van der Waals surface area contributed by atoms with E-state index in [1.807, 2.05) is 55.0 Å². The van der Waals surface area contributed by atoms with Gasteiger partial charge in [0.2, 0.25) is 0 Å². The normalized spacial score (nSPS) is 14.7. The van der Waals surface area contributed by atoms with Gasteiger partial charge in [0.15, 0.2) is 0 Å². The first kappa shape index (κ1) is 15.8. The first-order chi connectivity index (χ1) is 9.95. The number of benzene rings is 1. The highest BCUT2D eigenvalue weighted by Crippen LogP contribution is 2.36. The minimum absolute atomic E-state index is 0.235. The lowest BCUT2D eigenvalue weighted by Gasteiger charge is -2.36. The molecule has 0 saturated carbocycles. The molecular formula is C17H21ClN2O. The Morgan fingerprint density at radius 1 is 1.48 bits per heavy atom. The fraction of sp³-hybridized carbons (Fsp3) is 0.353. The number of aliphatic hydroxyl groups is 1. The number of imidazole rings is 1. The van der Waals surface area contributed by atoms with Crippen LogP contribution in [0.25, 0.3) is 0 Å². The molecule has 0 aliphatic carbocycles. The largest absolute Gasteiger partial charge is 0.390 e. The third-order valence-corrected chi connectivity index (χ3v) is 4.04. The number of halogens is 1. The highest BCUT2D eigenvalue weighted by atomic mass is 35.5. The standard InChI is InChI=1S/C17H21ClN2O/c1-4-8-17(2,3)16(21)15(20-10-9-19-12-20)13-6-5-7-14(18)11-13/h4-7,9-12,15-16,21H,1,8H2,2-3H3. The van der Waals surface area contributed by atoms with Gasteiger partial charge in [0, 0.05) is 17.4 Å². The van der Waals surface area contributed by atoms with E-state index in [2.05, 4.69) is 11.6 Å². The predicted octanol–water partition coefficient (Wildman–Crippen LogP) is 4.09. The summed E-state index contributed by atoms with van der Waals surface area (Å²) in [5.74, 6) is 0. The molecule has 0 aliphatic heterocycles. The fourth-order valence-electron chi connectivity index (χ4n) is 2.56. The van der Waals surface area contributed by atoms with Crippen LogP contribution in [0.4, 0.5) is 0 Å². The fourth-order valence-corrected chi connectivity index (χ4v) is 2.76. The Kier molecular flexibility index (Phi) is 4.86. The maximum Gasteiger partial charge on any atom is 0.0952 e. The molecule has 0 radical (unpaired) electrons. The van der Waals surface area contributed by atoms with Crippen LogP contribution >= 0.6 is 11.6 Å². The lowest BCUT2D eigenvalue weighted by molar-refractivity contribution is 0.0202. The van der Waals surface area contributed by atoms with Crippen LogP contribution < -0.4 is 0 Å². The lowest BCUT2D eigenvalue weighted by Crippen LogP contribution is -2.37. The summed E-state index contributed by atoms with van der Waals surface area (Å²) in [6.07, 6.45) is 7.26. The summed E-state index contributed by atoms with van der Waals surface area (Å²) < 4.78 is 1.92. The zero-order chi connectivity index (χ0) is 15.5. The van der Waals surface area contributed by atoms with Crippen molar-refractivity contribution in [3.63, 3.8) is 0 Å². The van der Waals surface area contributed by atoms with Gasteiger partial charge in [0.05, 0.1) is 18.5 Å². The molecular weight excluding hydrogens is 284 g/mol. The molecule has 2 aromatic rings. The van der Waals surface area contributed by atoms with Crippen molar-refractivity contribution in [3.05, 3.63) is 66.2 Å². The second kappa shape index (κ2) is 6.46. The number of hydrogen-bond donors (Lipinski definition) is 1. The number of nitrogens with zero attached hydrogens (tertiary/aromatic N) is 2. The van der Waals surface area contributed by atoms with Gasteiger partial charge >= 0.3 is 0 Å². The third kappa shape index (κ3) is 3.55. The maximum absolute atomic E-state index is 10.9. The van der Waals surface area contributed by atoms with Gasteiger partial charge in [-0.1, -0.05) is 43.7 Å². The van der Waals surface area contributed by atoms with Crippen LogP contribution in [-0.4, -0.2) is 20.8 Å². The van der Waals surface area contributed by atoms with Crippen LogP contribution in [0.3, 0.4) is 0 Å². The van der Waals surface area contributed by atoms with Crippen molar-refractivity contribution in [1.29, 1.82) is 0 Å². The SMILES string of the molecule is C=CCC(C)(C)C(O)C(c1cccc(Cl)c1)n1ccnc1. The van der Waals surface area contributed by atoms with E-state index in [1.165, 1.54) is 0 Å². The topological polar surface area (TPSA) is 38.0 Å². The molecule has 2 unspecified atom stereocenters. The maximum atomic E-state index is 10.9. The summed E-state index contributed by atoms with van der Waals surface area (Å²) in [6, 6.07) is 7.36. The van der Waals surface area contributed by atoms with E-state index in [0.29, 0.717) is 5.02 Å². The van der Waals surface area contributed by atoms with E-state index in [0.717, 1.165) is 12.0 Å². The van der Waals surface area contributed by atoms with E-state index in [9.17, 15) is 5.11 Å². The number of allylic oxidation sites excluding steroid dienone is 1. The van der Waals surface area contributed by atoms with Gasteiger partial charge in [0.1, 0.15) is 0 Å². The minimum Gasteiger partial charge on any atom is -0.390 e. The van der Waals surface area contributed by atoms with Crippen molar-refractivity contribution >= 4 is 11.6 Å². The summed E-state index contributed by atoms with van der Waals surface area (Å²) in [5.41, 5.74) is 0.657. The lowest BCUT2D eigenvalue weighted by atomic mass is 9.78. The number of aliphatic hydroxyl groups excluding tert-OH is 1. The number of rotatable bonds is 6. The Hall–Kier alpha value is -1.58. The Balaban J connectivity index is 2.45. The summed E-state index contributed by atoms with van der Waals surface area (Å²) >= 11 is 6.11. The van der Waals surface area contributed by atoms with Crippen molar-refractivity contribution in [2.75, 3.05) is 0 Å². The summed E-state index contributed by atoms with van der Waals surface area (Å²) in [7, 11) is 0. The molecule has 0 aliphatic rings. The molecule has 0 fully saturated rings. The Bertz CT molecular complexity index is 593. The second-order valence-corrected chi connectivity index (χ2v) is 6.37. The van der Waals surface area contributed by atoms with E-state index in [4.69, 9.17) is 11.6 Å². The number of hydrogen-bond acceptors (Lipinski definition) is 2. The molecule has 0 saturated heterocycles. The van der Waals surface area contributed by atoms with E-state index in [1.54, 1.807) is 12.5 Å². The second-order valence-electron chi connectivity index (χ2n) is 5.94. The van der Waals surface area contributed by atoms with Gasteiger partial charge in [-0.2, -0.15) is 0 Å². The molecule has 1 N–H and O–H groups in total. The van der Waals surface area contributed by atoms with Gasteiger partial charge in [0.25, 0.3) is 0 Å². The third-order valence-electron chi connectivity index (χ3n) is 3.81. The van der Waals surface area contributed by atoms with Crippen molar-refractivity contribution in [2.45, 2.75) is 32.4 Å². The summed E-state index contributed by atoms with van der Waals surface area (Å²) in [4.78, 5) is 4.10. The van der Waals surface area contributed by atoms with E-state index in [-0.39, 0.29) is 11.5 Å². The van der Waals surface area contributed by atoms with Gasteiger partial charge in [-0.3, -0.25) is 0 Å². The summed E-state index contributed by atoms with van der Waals surface area (Å²) in [5, 5.41) is 11.6. The van der Waals surface area contributed by atoms with Crippen LogP contribution in [-0.2, 0) is 0 Å². The van der Waals surface area contributed by atoms with E-state index >= 15 is 0 Å². The molecule has 0 amide bonds. The van der Waals surface area contributed by atoms with Crippen molar-refractivity contribution in [1.82, 2.24) is 9.55 Å². The zero-order valence-corrected chi connectivity index (χ0v) is 13.2. The highest BCUT2D eigenvalue weighted by molar-refractivity contribution is 6.30.